The molecule has 0 atom stereocenters. The van der Waals surface area contributed by atoms with Gasteiger partial charge in [0.15, 0.2) is 11.5 Å². The van der Waals surface area contributed by atoms with E-state index in [0.29, 0.717) is 13.2 Å². The van der Waals surface area contributed by atoms with E-state index >= 15 is 0 Å². The van der Waals surface area contributed by atoms with Crippen LogP contribution in [-0.2, 0) is 6.42 Å². The molecule has 88 valence electrons. The smallest absolute Gasteiger partial charge is 0.161 e. The van der Waals surface area contributed by atoms with Crippen molar-refractivity contribution in [3.05, 3.63) is 23.3 Å². The van der Waals surface area contributed by atoms with Gasteiger partial charge in [0.1, 0.15) is 13.2 Å². The Bertz CT molecular complexity index is 394. The van der Waals surface area contributed by atoms with Crippen LogP contribution in [0.4, 0.5) is 0 Å². The molecule has 0 saturated heterocycles. The van der Waals surface area contributed by atoms with Crippen LogP contribution in [0.2, 0.25) is 0 Å². The molecule has 0 unspecified atom stereocenters. The van der Waals surface area contributed by atoms with Gasteiger partial charge in [-0.25, -0.2) is 0 Å². The summed E-state index contributed by atoms with van der Waals surface area (Å²) in [6.45, 7) is 7.40. The molecule has 0 amide bonds. The number of rotatable bonds is 2. The highest BCUT2D eigenvalue weighted by molar-refractivity contribution is 5.48. The third kappa shape index (κ3) is 2.47. The standard InChI is InChI=1S/C13H19NO2/c1-9-6-11-12(16-5-4-15-11)7-10(9)8-13(2,3)14/h6-7H,4-5,8,14H2,1-3H3. The van der Waals surface area contributed by atoms with E-state index in [1.165, 1.54) is 11.1 Å². The number of fused-ring (bicyclic) bond motifs is 1. The summed E-state index contributed by atoms with van der Waals surface area (Å²) >= 11 is 0. The van der Waals surface area contributed by atoms with E-state index in [0.717, 1.165) is 17.9 Å². The molecule has 3 nitrogen and oxygen atoms in total. The molecule has 1 aromatic rings. The largest absolute Gasteiger partial charge is 0.486 e. The molecule has 0 aromatic heterocycles. The van der Waals surface area contributed by atoms with Crippen LogP contribution in [0.3, 0.4) is 0 Å². The second-order valence-electron chi connectivity index (χ2n) is 5.09. The van der Waals surface area contributed by atoms with Gasteiger partial charge in [-0.05, 0) is 50.5 Å². The molecular formula is C13H19NO2. The average molecular weight is 221 g/mol. The number of benzene rings is 1. The molecule has 16 heavy (non-hydrogen) atoms. The Kier molecular flexibility index (Phi) is 2.80. The van der Waals surface area contributed by atoms with Crippen LogP contribution in [0.1, 0.15) is 25.0 Å². The maximum Gasteiger partial charge on any atom is 0.161 e. The van der Waals surface area contributed by atoms with Gasteiger partial charge < -0.3 is 15.2 Å². The second kappa shape index (κ2) is 3.98. The fraction of sp³-hybridized carbons (Fsp3) is 0.538. The molecule has 0 spiro atoms. The van der Waals surface area contributed by atoms with Crippen LogP contribution >= 0.6 is 0 Å². The van der Waals surface area contributed by atoms with E-state index in [1.807, 2.05) is 19.9 Å². The van der Waals surface area contributed by atoms with Crippen molar-refractivity contribution in [2.75, 3.05) is 13.2 Å². The summed E-state index contributed by atoms with van der Waals surface area (Å²) in [5.41, 5.74) is 8.28. The third-order valence-corrected chi connectivity index (χ3v) is 2.65. The first-order valence-electron chi connectivity index (χ1n) is 5.64. The van der Waals surface area contributed by atoms with Crippen LogP contribution in [0, 0.1) is 6.92 Å². The molecule has 0 fully saturated rings. The van der Waals surface area contributed by atoms with Crippen molar-refractivity contribution in [1.82, 2.24) is 0 Å². The molecule has 2 N–H and O–H groups in total. The first-order valence-corrected chi connectivity index (χ1v) is 5.64. The Labute approximate surface area is 96.5 Å². The normalized spacial score (nSPS) is 15.0. The highest BCUT2D eigenvalue weighted by Gasteiger charge is 2.18. The zero-order valence-corrected chi connectivity index (χ0v) is 10.2. The minimum atomic E-state index is -0.200. The van der Waals surface area contributed by atoms with Gasteiger partial charge in [-0.15, -0.1) is 0 Å². The first kappa shape index (κ1) is 11.3. The van der Waals surface area contributed by atoms with E-state index in [1.54, 1.807) is 0 Å². The highest BCUT2D eigenvalue weighted by Crippen LogP contribution is 2.33. The van der Waals surface area contributed by atoms with Crippen molar-refractivity contribution in [2.24, 2.45) is 5.73 Å². The Morgan fingerprint density at radius 1 is 1.19 bits per heavy atom. The quantitative estimate of drug-likeness (QED) is 0.831. The Morgan fingerprint density at radius 2 is 1.75 bits per heavy atom. The topological polar surface area (TPSA) is 44.5 Å². The van der Waals surface area contributed by atoms with Gasteiger partial charge >= 0.3 is 0 Å². The van der Waals surface area contributed by atoms with Crippen molar-refractivity contribution in [2.45, 2.75) is 32.7 Å². The van der Waals surface area contributed by atoms with Gasteiger partial charge in [0.2, 0.25) is 0 Å². The van der Waals surface area contributed by atoms with Gasteiger partial charge in [-0.3, -0.25) is 0 Å². The zero-order valence-electron chi connectivity index (χ0n) is 10.2. The SMILES string of the molecule is Cc1cc2c(cc1CC(C)(C)N)OCCO2. The van der Waals surface area contributed by atoms with E-state index in [9.17, 15) is 0 Å². The lowest BCUT2D eigenvalue weighted by molar-refractivity contribution is 0.171. The minimum Gasteiger partial charge on any atom is -0.486 e. The van der Waals surface area contributed by atoms with E-state index in [2.05, 4.69) is 13.0 Å². The number of hydrogen-bond acceptors (Lipinski definition) is 3. The molecule has 1 aromatic carbocycles. The van der Waals surface area contributed by atoms with Crippen molar-refractivity contribution in [1.29, 1.82) is 0 Å². The zero-order chi connectivity index (χ0) is 11.8. The van der Waals surface area contributed by atoms with Crippen molar-refractivity contribution >= 4 is 0 Å². The summed E-state index contributed by atoms with van der Waals surface area (Å²) < 4.78 is 11.1. The monoisotopic (exact) mass is 221 g/mol. The van der Waals surface area contributed by atoms with E-state index in [-0.39, 0.29) is 5.54 Å². The third-order valence-electron chi connectivity index (χ3n) is 2.65. The van der Waals surface area contributed by atoms with Gasteiger partial charge in [0.25, 0.3) is 0 Å². The molecule has 1 aliphatic heterocycles. The average Bonchev–Trinajstić information content (AvgIpc) is 2.17. The summed E-state index contributed by atoms with van der Waals surface area (Å²) in [7, 11) is 0. The molecule has 0 aliphatic carbocycles. The Hall–Kier alpha value is -1.22. The Morgan fingerprint density at radius 3 is 2.31 bits per heavy atom. The van der Waals surface area contributed by atoms with Crippen LogP contribution in [-0.4, -0.2) is 18.8 Å². The van der Waals surface area contributed by atoms with Gasteiger partial charge in [0, 0.05) is 5.54 Å². The maximum atomic E-state index is 6.04. The van der Waals surface area contributed by atoms with Crippen LogP contribution in [0.5, 0.6) is 11.5 Å². The predicted octanol–water partition coefficient (Wildman–Crippen LogP) is 2.05. The highest BCUT2D eigenvalue weighted by atomic mass is 16.6. The number of nitrogens with two attached hydrogens (primary N) is 1. The fourth-order valence-electron chi connectivity index (χ4n) is 1.91. The van der Waals surface area contributed by atoms with Crippen molar-refractivity contribution in [3.8, 4) is 11.5 Å². The molecule has 2 rings (SSSR count). The summed E-state index contributed by atoms with van der Waals surface area (Å²) in [5.74, 6) is 1.69. The van der Waals surface area contributed by atoms with Crippen molar-refractivity contribution < 1.29 is 9.47 Å². The number of hydrogen-bond donors (Lipinski definition) is 1. The fourth-order valence-corrected chi connectivity index (χ4v) is 1.91. The van der Waals surface area contributed by atoms with E-state index < -0.39 is 0 Å². The van der Waals surface area contributed by atoms with E-state index in [4.69, 9.17) is 15.2 Å². The first-order chi connectivity index (χ1) is 7.46. The second-order valence-corrected chi connectivity index (χ2v) is 5.09. The molecule has 0 bridgehead atoms. The van der Waals surface area contributed by atoms with Crippen LogP contribution in [0.15, 0.2) is 12.1 Å². The molecule has 1 aliphatic rings. The summed E-state index contributed by atoms with van der Waals surface area (Å²) in [6, 6.07) is 4.09. The van der Waals surface area contributed by atoms with Crippen LogP contribution in [0.25, 0.3) is 0 Å². The molecule has 0 radical (unpaired) electrons. The van der Waals surface area contributed by atoms with Gasteiger partial charge in [-0.1, -0.05) is 0 Å². The summed E-state index contributed by atoms with van der Waals surface area (Å²) in [4.78, 5) is 0. The summed E-state index contributed by atoms with van der Waals surface area (Å²) in [5, 5.41) is 0. The molecular weight excluding hydrogens is 202 g/mol. The molecule has 3 heteroatoms. The minimum absolute atomic E-state index is 0.200. The van der Waals surface area contributed by atoms with Gasteiger partial charge in [0.05, 0.1) is 0 Å². The lowest BCUT2D eigenvalue weighted by atomic mass is 9.93. The molecule has 0 saturated carbocycles. The summed E-state index contributed by atoms with van der Waals surface area (Å²) in [6.07, 6.45) is 0.843. The molecule has 1 heterocycles. The van der Waals surface area contributed by atoms with Crippen LogP contribution < -0.4 is 15.2 Å². The lowest BCUT2D eigenvalue weighted by Gasteiger charge is -2.23. The lowest BCUT2D eigenvalue weighted by Crippen LogP contribution is -2.34. The Balaban J connectivity index is 2.32. The van der Waals surface area contributed by atoms with Crippen molar-refractivity contribution in [3.63, 3.8) is 0 Å². The number of aryl methyl sites for hydroxylation is 1. The number of ether oxygens (including phenoxy) is 2. The predicted molar refractivity (Wildman–Crippen MR) is 64.1 cm³/mol. The van der Waals surface area contributed by atoms with Gasteiger partial charge in [-0.2, -0.15) is 0 Å². The maximum absolute atomic E-state index is 6.04.